The Morgan fingerprint density at radius 2 is 1.85 bits per heavy atom. The van der Waals surface area contributed by atoms with Crippen LogP contribution in [0.2, 0.25) is 0 Å². The second-order valence-corrected chi connectivity index (χ2v) is 6.08. The van der Waals surface area contributed by atoms with E-state index in [1.165, 1.54) is 0 Å². The molecular formula is C20H22N4O2. The van der Waals surface area contributed by atoms with Crippen LogP contribution in [0.4, 0.5) is 5.69 Å². The third-order valence-corrected chi connectivity index (χ3v) is 4.38. The summed E-state index contributed by atoms with van der Waals surface area (Å²) in [6.07, 6.45) is 5.48. The van der Waals surface area contributed by atoms with Crippen molar-refractivity contribution in [1.29, 1.82) is 0 Å². The summed E-state index contributed by atoms with van der Waals surface area (Å²) >= 11 is 0. The molecule has 6 heteroatoms. The first kappa shape index (κ1) is 17.8. The summed E-state index contributed by atoms with van der Waals surface area (Å²) < 4.78 is 5.38. The summed E-state index contributed by atoms with van der Waals surface area (Å²) in [4.78, 5) is 20.8. The van der Waals surface area contributed by atoms with Crippen molar-refractivity contribution in [2.75, 3.05) is 5.32 Å². The Hall–Kier alpha value is -3.02. The zero-order chi connectivity index (χ0) is 18.4. The summed E-state index contributed by atoms with van der Waals surface area (Å²) in [6, 6.07) is 11.4. The molecule has 0 bridgehead atoms. The Morgan fingerprint density at radius 3 is 2.58 bits per heavy atom. The van der Waals surface area contributed by atoms with Gasteiger partial charge >= 0.3 is 0 Å². The molecule has 3 aromatic rings. The summed E-state index contributed by atoms with van der Waals surface area (Å²) in [5.74, 6) is 1.09. The van der Waals surface area contributed by atoms with Crippen LogP contribution >= 0.6 is 0 Å². The molecule has 0 aliphatic heterocycles. The number of carbonyl (C=O) groups excluding carboxylic acids is 1. The average molecular weight is 350 g/mol. The van der Waals surface area contributed by atoms with Crippen molar-refractivity contribution < 1.29 is 9.32 Å². The number of pyridine rings is 1. The quantitative estimate of drug-likeness (QED) is 0.694. The number of aromatic nitrogens is 3. The minimum absolute atomic E-state index is 0.0183. The molecule has 1 aromatic carbocycles. The van der Waals surface area contributed by atoms with Gasteiger partial charge in [0.1, 0.15) is 0 Å². The van der Waals surface area contributed by atoms with E-state index in [-0.39, 0.29) is 11.8 Å². The van der Waals surface area contributed by atoms with Gasteiger partial charge < -0.3 is 9.84 Å². The van der Waals surface area contributed by atoms with Gasteiger partial charge in [-0.25, -0.2) is 0 Å². The predicted molar refractivity (Wildman–Crippen MR) is 99.5 cm³/mol. The third kappa shape index (κ3) is 4.14. The molecule has 26 heavy (non-hydrogen) atoms. The normalized spacial score (nSPS) is 10.9. The number of nitrogens with one attached hydrogen (secondary N) is 1. The van der Waals surface area contributed by atoms with E-state index in [4.69, 9.17) is 4.52 Å². The lowest BCUT2D eigenvalue weighted by Gasteiger charge is -2.15. The number of hydrogen-bond acceptors (Lipinski definition) is 5. The molecule has 0 aliphatic rings. The monoisotopic (exact) mass is 350 g/mol. The minimum Gasteiger partial charge on any atom is -0.339 e. The number of para-hydroxylation sites is 1. The molecule has 1 N–H and O–H groups in total. The Kier molecular flexibility index (Phi) is 5.73. The van der Waals surface area contributed by atoms with Gasteiger partial charge in [0.25, 0.3) is 0 Å². The van der Waals surface area contributed by atoms with Crippen molar-refractivity contribution in [2.24, 2.45) is 5.92 Å². The minimum atomic E-state index is 0.0183. The maximum atomic E-state index is 12.4. The van der Waals surface area contributed by atoms with E-state index in [0.29, 0.717) is 18.1 Å². The van der Waals surface area contributed by atoms with Crippen LogP contribution in [0, 0.1) is 5.92 Å². The first-order valence-corrected chi connectivity index (χ1v) is 8.83. The van der Waals surface area contributed by atoms with Gasteiger partial charge in [0.2, 0.25) is 17.6 Å². The van der Waals surface area contributed by atoms with Crippen LogP contribution in [-0.4, -0.2) is 21.0 Å². The Labute approximate surface area is 152 Å². The Morgan fingerprint density at radius 1 is 1.12 bits per heavy atom. The van der Waals surface area contributed by atoms with Gasteiger partial charge in [-0.05, 0) is 36.6 Å². The van der Waals surface area contributed by atoms with Gasteiger partial charge in [0, 0.05) is 29.6 Å². The SMILES string of the molecule is CCC(CC)C(=O)Nc1ccccc1Cc1nc(-c2ccncc2)no1. The maximum Gasteiger partial charge on any atom is 0.231 e. The third-order valence-electron chi connectivity index (χ3n) is 4.38. The summed E-state index contributed by atoms with van der Waals surface area (Å²) in [7, 11) is 0. The lowest BCUT2D eigenvalue weighted by atomic mass is 10.0. The van der Waals surface area contributed by atoms with Gasteiger partial charge in [-0.1, -0.05) is 37.2 Å². The molecule has 0 aliphatic carbocycles. The van der Waals surface area contributed by atoms with Crippen LogP contribution in [0.25, 0.3) is 11.4 Å². The number of hydrogen-bond donors (Lipinski definition) is 1. The topological polar surface area (TPSA) is 80.9 Å². The second-order valence-electron chi connectivity index (χ2n) is 6.08. The molecule has 3 rings (SSSR count). The molecule has 134 valence electrons. The van der Waals surface area contributed by atoms with E-state index in [2.05, 4.69) is 20.4 Å². The lowest BCUT2D eigenvalue weighted by molar-refractivity contribution is -0.120. The van der Waals surface area contributed by atoms with Gasteiger partial charge in [0.05, 0.1) is 6.42 Å². The Balaban J connectivity index is 1.77. The molecule has 6 nitrogen and oxygen atoms in total. The van der Waals surface area contributed by atoms with E-state index in [0.717, 1.165) is 29.7 Å². The highest BCUT2D eigenvalue weighted by molar-refractivity contribution is 5.93. The summed E-state index contributed by atoms with van der Waals surface area (Å²) in [6.45, 7) is 4.05. The number of nitrogens with zero attached hydrogens (tertiary/aromatic N) is 3. The van der Waals surface area contributed by atoms with Crippen LogP contribution in [-0.2, 0) is 11.2 Å². The lowest BCUT2D eigenvalue weighted by Crippen LogP contribution is -2.22. The molecule has 0 saturated heterocycles. The standard InChI is InChI=1S/C20H22N4O2/c1-3-14(4-2)20(25)22-17-8-6-5-7-16(17)13-18-23-19(24-26-18)15-9-11-21-12-10-15/h5-12,14H,3-4,13H2,1-2H3,(H,22,25). The number of anilines is 1. The molecule has 2 aromatic heterocycles. The van der Waals surface area contributed by atoms with Gasteiger partial charge in [-0.2, -0.15) is 4.98 Å². The zero-order valence-corrected chi connectivity index (χ0v) is 15.0. The van der Waals surface area contributed by atoms with Crippen LogP contribution in [0.1, 0.15) is 38.1 Å². The molecule has 2 heterocycles. The molecule has 0 radical (unpaired) electrons. The van der Waals surface area contributed by atoms with Crippen molar-refractivity contribution in [1.82, 2.24) is 15.1 Å². The second kappa shape index (κ2) is 8.38. The first-order chi connectivity index (χ1) is 12.7. The van der Waals surface area contributed by atoms with E-state index in [1.807, 2.05) is 50.2 Å². The fourth-order valence-corrected chi connectivity index (χ4v) is 2.80. The van der Waals surface area contributed by atoms with Crippen LogP contribution < -0.4 is 5.32 Å². The fraction of sp³-hybridized carbons (Fsp3) is 0.300. The smallest absolute Gasteiger partial charge is 0.231 e. The van der Waals surface area contributed by atoms with Gasteiger partial charge in [-0.3, -0.25) is 9.78 Å². The van der Waals surface area contributed by atoms with Gasteiger partial charge in [-0.15, -0.1) is 0 Å². The molecule has 0 atom stereocenters. The molecule has 0 fully saturated rings. The molecule has 0 spiro atoms. The predicted octanol–water partition coefficient (Wildman–Crippen LogP) is 4.10. The van der Waals surface area contributed by atoms with Crippen molar-refractivity contribution in [3.8, 4) is 11.4 Å². The van der Waals surface area contributed by atoms with E-state index in [1.54, 1.807) is 12.4 Å². The summed E-state index contributed by atoms with van der Waals surface area (Å²) in [5.41, 5.74) is 2.58. The number of amides is 1. The summed E-state index contributed by atoms with van der Waals surface area (Å²) in [5, 5.41) is 7.06. The fourth-order valence-electron chi connectivity index (χ4n) is 2.80. The molecular weight excluding hydrogens is 328 g/mol. The number of carbonyl (C=O) groups is 1. The molecule has 0 unspecified atom stereocenters. The van der Waals surface area contributed by atoms with Crippen molar-refractivity contribution >= 4 is 11.6 Å². The maximum absolute atomic E-state index is 12.4. The molecule has 1 amide bonds. The van der Waals surface area contributed by atoms with Crippen LogP contribution in [0.15, 0.2) is 53.3 Å². The van der Waals surface area contributed by atoms with Crippen molar-refractivity contribution in [2.45, 2.75) is 33.1 Å². The number of rotatable bonds is 7. The first-order valence-electron chi connectivity index (χ1n) is 8.83. The molecule has 0 saturated carbocycles. The zero-order valence-electron chi connectivity index (χ0n) is 15.0. The van der Waals surface area contributed by atoms with E-state index >= 15 is 0 Å². The van der Waals surface area contributed by atoms with E-state index < -0.39 is 0 Å². The highest BCUT2D eigenvalue weighted by Crippen LogP contribution is 2.22. The van der Waals surface area contributed by atoms with Crippen molar-refractivity contribution in [3.05, 3.63) is 60.2 Å². The van der Waals surface area contributed by atoms with Gasteiger partial charge in [0.15, 0.2) is 0 Å². The number of benzene rings is 1. The average Bonchev–Trinajstić information content (AvgIpc) is 3.14. The highest BCUT2D eigenvalue weighted by Gasteiger charge is 2.17. The van der Waals surface area contributed by atoms with Crippen molar-refractivity contribution in [3.63, 3.8) is 0 Å². The largest absolute Gasteiger partial charge is 0.339 e. The van der Waals surface area contributed by atoms with Crippen LogP contribution in [0.3, 0.4) is 0 Å². The highest BCUT2D eigenvalue weighted by atomic mass is 16.5. The Bertz CT molecular complexity index is 857. The van der Waals surface area contributed by atoms with Crippen LogP contribution in [0.5, 0.6) is 0 Å². The van der Waals surface area contributed by atoms with E-state index in [9.17, 15) is 4.79 Å².